The molecule has 2 nitrogen and oxygen atoms in total. The maximum atomic E-state index is 10.2. The molecule has 0 unspecified atom stereocenters. The first-order chi connectivity index (χ1) is 6.48. The van der Waals surface area contributed by atoms with E-state index < -0.39 is 7.06 Å². The summed E-state index contributed by atoms with van der Waals surface area (Å²) < 4.78 is 0. The van der Waals surface area contributed by atoms with E-state index in [0.717, 1.165) is 5.56 Å². The minimum atomic E-state index is -3.41. The Labute approximate surface area is 85.7 Å². The summed E-state index contributed by atoms with van der Waals surface area (Å²) in [4.78, 5) is 20.5. The summed E-state index contributed by atoms with van der Waals surface area (Å²) in [7, 11) is -3.41. The van der Waals surface area contributed by atoms with Crippen LogP contribution < -0.4 is 0 Å². The van der Waals surface area contributed by atoms with Crippen molar-refractivity contribution in [2.24, 2.45) is 0 Å². The van der Waals surface area contributed by atoms with Gasteiger partial charge in [-0.05, 0) is 0 Å². The molecule has 0 saturated carbocycles. The van der Waals surface area contributed by atoms with Crippen molar-refractivity contribution in [2.75, 3.05) is 12.3 Å². The van der Waals surface area contributed by atoms with Crippen molar-refractivity contribution in [2.45, 2.75) is 20.0 Å². The van der Waals surface area contributed by atoms with E-state index in [1.54, 1.807) is 0 Å². The fourth-order valence-corrected chi connectivity index (χ4v) is 3.40. The molecule has 2 N–H and O–H groups in total. The van der Waals surface area contributed by atoms with Crippen molar-refractivity contribution in [1.29, 1.82) is 0 Å². The van der Waals surface area contributed by atoms with Gasteiger partial charge in [0.25, 0.3) is 0 Å². The molecule has 0 amide bonds. The number of benzene rings is 1. The molecular formula is C11H19O2P. The Morgan fingerprint density at radius 2 is 1.50 bits per heavy atom. The molecule has 0 aromatic heterocycles. The molecule has 1 aromatic rings. The standard InChI is InChI=1S/C11H19O2P/c1-3-14(12,13,4-2)10-11-8-6-5-7-9-11/h5-9,12-13H,3-4,10H2,1-2H3. The normalized spacial score (nSPS) is 14.7. The van der Waals surface area contributed by atoms with Crippen LogP contribution in [0.5, 0.6) is 0 Å². The first-order valence-corrected chi connectivity index (χ1v) is 7.72. The second-order valence-electron chi connectivity index (χ2n) is 3.88. The first kappa shape index (κ1) is 11.6. The summed E-state index contributed by atoms with van der Waals surface area (Å²) in [5, 5.41) is 0. The second-order valence-corrected chi connectivity index (χ2v) is 8.68. The van der Waals surface area contributed by atoms with Gasteiger partial charge in [-0.1, -0.05) is 0 Å². The molecule has 0 spiro atoms. The third-order valence-electron chi connectivity index (χ3n) is 2.85. The van der Waals surface area contributed by atoms with E-state index in [0.29, 0.717) is 18.5 Å². The molecule has 0 heterocycles. The average molecular weight is 214 g/mol. The van der Waals surface area contributed by atoms with Crippen molar-refractivity contribution >= 4 is 7.06 Å². The number of rotatable bonds is 4. The van der Waals surface area contributed by atoms with E-state index in [2.05, 4.69) is 0 Å². The number of hydrogen-bond acceptors (Lipinski definition) is 2. The number of hydrogen-bond donors (Lipinski definition) is 2. The van der Waals surface area contributed by atoms with Crippen LogP contribution in [-0.2, 0) is 6.16 Å². The third-order valence-corrected chi connectivity index (χ3v) is 6.87. The molecule has 0 bridgehead atoms. The van der Waals surface area contributed by atoms with Gasteiger partial charge in [0.15, 0.2) is 0 Å². The van der Waals surface area contributed by atoms with E-state index in [-0.39, 0.29) is 0 Å². The Bertz CT molecular complexity index is 287. The van der Waals surface area contributed by atoms with Crippen molar-refractivity contribution < 1.29 is 9.79 Å². The molecule has 1 rings (SSSR count). The van der Waals surface area contributed by atoms with Crippen LogP contribution in [0.1, 0.15) is 19.4 Å². The van der Waals surface area contributed by atoms with Crippen molar-refractivity contribution in [3.63, 3.8) is 0 Å². The van der Waals surface area contributed by atoms with Gasteiger partial charge < -0.3 is 0 Å². The maximum absolute atomic E-state index is 10.2. The van der Waals surface area contributed by atoms with Crippen LogP contribution >= 0.6 is 7.06 Å². The Morgan fingerprint density at radius 3 is 1.93 bits per heavy atom. The Hall–Kier alpha value is -0.430. The fourth-order valence-electron chi connectivity index (χ4n) is 1.45. The summed E-state index contributed by atoms with van der Waals surface area (Å²) in [5.74, 6) is 0. The van der Waals surface area contributed by atoms with Gasteiger partial charge in [-0.2, -0.15) is 0 Å². The van der Waals surface area contributed by atoms with Gasteiger partial charge in [0.05, 0.1) is 0 Å². The molecule has 0 fully saturated rings. The van der Waals surface area contributed by atoms with Crippen LogP contribution in [0.4, 0.5) is 0 Å². The summed E-state index contributed by atoms with van der Waals surface area (Å²) in [6, 6.07) is 9.68. The summed E-state index contributed by atoms with van der Waals surface area (Å²) in [6.07, 6.45) is 1.35. The SMILES string of the molecule is CCP(O)(O)(CC)Cc1ccccc1. The zero-order chi connectivity index (χ0) is 10.7. The Balaban J connectivity index is 2.87. The minimum absolute atomic E-state index is 0.416. The molecule has 14 heavy (non-hydrogen) atoms. The molecule has 0 radical (unpaired) electrons. The van der Waals surface area contributed by atoms with Gasteiger partial charge in [0, 0.05) is 0 Å². The van der Waals surface area contributed by atoms with Crippen LogP contribution in [0.3, 0.4) is 0 Å². The monoisotopic (exact) mass is 214 g/mol. The molecule has 0 aliphatic rings. The molecule has 0 aliphatic heterocycles. The van der Waals surface area contributed by atoms with E-state index in [9.17, 15) is 9.79 Å². The summed E-state index contributed by atoms with van der Waals surface area (Å²) in [5.41, 5.74) is 1.01. The second kappa shape index (κ2) is 3.98. The molecule has 0 atom stereocenters. The van der Waals surface area contributed by atoms with E-state index in [1.165, 1.54) is 0 Å². The zero-order valence-electron chi connectivity index (χ0n) is 8.85. The zero-order valence-corrected chi connectivity index (χ0v) is 9.74. The quantitative estimate of drug-likeness (QED) is 0.756. The van der Waals surface area contributed by atoms with Crippen molar-refractivity contribution in [1.82, 2.24) is 0 Å². The molecule has 1 aromatic carbocycles. The fraction of sp³-hybridized carbons (Fsp3) is 0.455. The van der Waals surface area contributed by atoms with Gasteiger partial charge in [-0.15, -0.1) is 0 Å². The first-order valence-electron chi connectivity index (χ1n) is 5.03. The predicted molar refractivity (Wildman–Crippen MR) is 62.6 cm³/mol. The van der Waals surface area contributed by atoms with Crippen LogP contribution in [-0.4, -0.2) is 22.1 Å². The van der Waals surface area contributed by atoms with Gasteiger partial charge in [-0.3, -0.25) is 0 Å². The van der Waals surface area contributed by atoms with Crippen molar-refractivity contribution in [3.8, 4) is 0 Å². The van der Waals surface area contributed by atoms with Crippen LogP contribution in [0, 0.1) is 0 Å². The molecular weight excluding hydrogens is 195 g/mol. The molecule has 80 valence electrons. The summed E-state index contributed by atoms with van der Waals surface area (Å²) in [6.45, 7) is 3.70. The van der Waals surface area contributed by atoms with Crippen LogP contribution in [0.15, 0.2) is 30.3 Å². The topological polar surface area (TPSA) is 40.5 Å². The Kier molecular flexibility index (Phi) is 3.31. The Morgan fingerprint density at radius 1 is 1.00 bits per heavy atom. The van der Waals surface area contributed by atoms with Gasteiger partial charge in [-0.25, -0.2) is 0 Å². The molecule has 0 aliphatic carbocycles. The van der Waals surface area contributed by atoms with Crippen molar-refractivity contribution in [3.05, 3.63) is 35.9 Å². The average Bonchev–Trinajstić information content (AvgIpc) is 2.20. The van der Waals surface area contributed by atoms with E-state index >= 15 is 0 Å². The summed E-state index contributed by atoms with van der Waals surface area (Å²) >= 11 is 0. The molecule has 0 saturated heterocycles. The van der Waals surface area contributed by atoms with Crippen LogP contribution in [0.2, 0.25) is 0 Å². The van der Waals surface area contributed by atoms with Gasteiger partial charge in [0.1, 0.15) is 0 Å². The van der Waals surface area contributed by atoms with Gasteiger partial charge in [0.2, 0.25) is 0 Å². The van der Waals surface area contributed by atoms with E-state index in [4.69, 9.17) is 0 Å². The van der Waals surface area contributed by atoms with Crippen LogP contribution in [0.25, 0.3) is 0 Å². The van der Waals surface area contributed by atoms with Gasteiger partial charge >= 0.3 is 85.1 Å². The predicted octanol–water partition coefficient (Wildman–Crippen LogP) is 2.59. The van der Waals surface area contributed by atoms with E-state index in [1.807, 2.05) is 44.2 Å². The molecule has 3 heteroatoms. The third kappa shape index (κ3) is 2.78.